The Morgan fingerprint density at radius 1 is 1.14 bits per heavy atom. The molecule has 0 bridgehead atoms. The van der Waals surface area contributed by atoms with Crippen LogP contribution in [0.2, 0.25) is 0 Å². The number of carbonyl (C=O) groups excluding carboxylic acids is 1. The minimum absolute atomic E-state index is 0.105. The van der Waals surface area contributed by atoms with Crippen molar-refractivity contribution < 1.29 is 13.6 Å². The van der Waals surface area contributed by atoms with Crippen molar-refractivity contribution in [3.05, 3.63) is 65.0 Å². The Balaban J connectivity index is 2.02. The summed E-state index contributed by atoms with van der Waals surface area (Å²) < 4.78 is 27.0. The molecule has 0 spiro atoms. The van der Waals surface area contributed by atoms with Gasteiger partial charge in [-0.3, -0.25) is 4.79 Å². The van der Waals surface area contributed by atoms with E-state index in [2.05, 4.69) is 4.98 Å². The second-order valence-corrected chi connectivity index (χ2v) is 5.47. The predicted molar refractivity (Wildman–Crippen MR) is 81.4 cm³/mol. The third-order valence-electron chi connectivity index (χ3n) is 3.10. The number of aromatic nitrogens is 1. The van der Waals surface area contributed by atoms with Gasteiger partial charge in [0.15, 0.2) is 0 Å². The Hall–Kier alpha value is -2.60. The third-order valence-corrected chi connectivity index (χ3v) is 3.99. The van der Waals surface area contributed by atoms with Crippen LogP contribution in [0.4, 0.5) is 8.78 Å². The van der Waals surface area contributed by atoms with Crippen LogP contribution in [-0.4, -0.2) is 10.9 Å². The number of thiazole rings is 1. The zero-order valence-corrected chi connectivity index (χ0v) is 12.0. The van der Waals surface area contributed by atoms with Crippen molar-refractivity contribution in [3.8, 4) is 21.8 Å². The van der Waals surface area contributed by atoms with Crippen molar-refractivity contribution in [3.63, 3.8) is 0 Å². The van der Waals surface area contributed by atoms with Crippen LogP contribution in [0.5, 0.6) is 0 Å². The van der Waals surface area contributed by atoms with E-state index in [9.17, 15) is 13.6 Å². The van der Waals surface area contributed by atoms with Gasteiger partial charge in [0.2, 0.25) is 5.91 Å². The molecule has 0 radical (unpaired) electrons. The summed E-state index contributed by atoms with van der Waals surface area (Å²) in [4.78, 5) is 15.5. The highest BCUT2D eigenvalue weighted by Gasteiger charge is 2.12. The molecule has 1 heterocycles. The minimum atomic E-state index is -0.538. The van der Waals surface area contributed by atoms with Gasteiger partial charge in [0.25, 0.3) is 0 Å². The summed E-state index contributed by atoms with van der Waals surface area (Å²) in [5, 5.41) is 2.24. The van der Waals surface area contributed by atoms with Crippen LogP contribution in [0.15, 0.2) is 47.8 Å². The molecule has 3 aromatic rings. The third kappa shape index (κ3) is 2.73. The number of carbonyl (C=O) groups is 1. The highest BCUT2D eigenvalue weighted by atomic mass is 32.1. The summed E-state index contributed by atoms with van der Waals surface area (Å²) in [6.07, 6.45) is 0. The fourth-order valence-corrected chi connectivity index (χ4v) is 2.85. The van der Waals surface area contributed by atoms with E-state index in [-0.39, 0.29) is 5.56 Å². The van der Waals surface area contributed by atoms with Gasteiger partial charge in [0.1, 0.15) is 16.6 Å². The average molecular weight is 316 g/mol. The number of amides is 1. The number of halogens is 2. The second kappa shape index (κ2) is 5.65. The van der Waals surface area contributed by atoms with Crippen LogP contribution in [0.3, 0.4) is 0 Å². The van der Waals surface area contributed by atoms with Crippen molar-refractivity contribution in [2.45, 2.75) is 0 Å². The molecule has 0 saturated carbocycles. The van der Waals surface area contributed by atoms with Gasteiger partial charge < -0.3 is 5.73 Å². The molecule has 6 heteroatoms. The first kappa shape index (κ1) is 14.3. The normalized spacial score (nSPS) is 10.6. The van der Waals surface area contributed by atoms with E-state index in [0.29, 0.717) is 21.8 Å². The molecule has 1 aromatic heterocycles. The Morgan fingerprint density at radius 3 is 2.73 bits per heavy atom. The molecule has 0 saturated heterocycles. The lowest BCUT2D eigenvalue weighted by atomic mass is 10.1. The lowest BCUT2D eigenvalue weighted by Gasteiger charge is -2.00. The van der Waals surface area contributed by atoms with Crippen molar-refractivity contribution in [1.29, 1.82) is 0 Å². The topological polar surface area (TPSA) is 56.0 Å². The summed E-state index contributed by atoms with van der Waals surface area (Å²) in [7, 11) is 0. The molecule has 0 aliphatic heterocycles. The smallest absolute Gasteiger partial charge is 0.248 e. The molecule has 0 fully saturated rings. The maximum Gasteiger partial charge on any atom is 0.248 e. The van der Waals surface area contributed by atoms with Crippen LogP contribution in [0.1, 0.15) is 10.4 Å². The molecule has 0 atom stereocenters. The number of primary amides is 1. The van der Waals surface area contributed by atoms with Crippen LogP contribution in [0, 0.1) is 11.6 Å². The van der Waals surface area contributed by atoms with E-state index in [4.69, 9.17) is 5.73 Å². The van der Waals surface area contributed by atoms with Gasteiger partial charge in [-0.15, -0.1) is 11.3 Å². The summed E-state index contributed by atoms with van der Waals surface area (Å²) in [5.41, 5.74) is 6.77. The summed E-state index contributed by atoms with van der Waals surface area (Å²) in [6, 6.07) is 9.92. The number of nitrogens with zero attached hydrogens (tertiary/aromatic N) is 1. The van der Waals surface area contributed by atoms with E-state index in [1.54, 1.807) is 29.6 Å². The first-order chi connectivity index (χ1) is 10.5. The van der Waals surface area contributed by atoms with E-state index >= 15 is 0 Å². The van der Waals surface area contributed by atoms with E-state index < -0.39 is 17.5 Å². The molecular weight excluding hydrogens is 306 g/mol. The van der Waals surface area contributed by atoms with E-state index in [0.717, 1.165) is 18.2 Å². The quantitative estimate of drug-likeness (QED) is 0.798. The van der Waals surface area contributed by atoms with Crippen molar-refractivity contribution in [2.24, 2.45) is 5.73 Å². The largest absolute Gasteiger partial charge is 0.366 e. The fraction of sp³-hybridized carbons (Fsp3) is 0. The Morgan fingerprint density at radius 2 is 1.95 bits per heavy atom. The van der Waals surface area contributed by atoms with Gasteiger partial charge in [-0.05, 0) is 30.3 Å². The molecule has 22 heavy (non-hydrogen) atoms. The molecule has 1 amide bonds. The summed E-state index contributed by atoms with van der Waals surface area (Å²) >= 11 is 1.28. The number of benzene rings is 2. The van der Waals surface area contributed by atoms with Crippen LogP contribution in [-0.2, 0) is 0 Å². The molecule has 2 N–H and O–H groups in total. The number of hydrogen-bond acceptors (Lipinski definition) is 3. The summed E-state index contributed by atoms with van der Waals surface area (Å²) in [6.45, 7) is 0. The van der Waals surface area contributed by atoms with Gasteiger partial charge in [0, 0.05) is 22.1 Å². The van der Waals surface area contributed by atoms with Crippen LogP contribution in [0.25, 0.3) is 21.8 Å². The van der Waals surface area contributed by atoms with Crippen LogP contribution < -0.4 is 5.73 Å². The monoisotopic (exact) mass is 316 g/mol. The number of nitrogens with two attached hydrogens (primary N) is 1. The van der Waals surface area contributed by atoms with Gasteiger partial charge in [-0.2, -0.15) is 0 Å². The number of rotatable bonds is 3. The van der Waals surface area contributed by atoms with Gasteiger partial charge in [0.05, 0.1) is 5.69 Å². The molecule has 3 rings (SSSR count). The Labute approximate surface area is 129 Å². The van der Waals surface area contributed by atoms with Gasteiger partial charge >= 0.3 is 0 Å². The predicted octanol–water partition coefficient (Wildman–Crippen LogP) is 3.85. The van der Waals surface area contributed by atoms with Crippen molar-refractivity contribution >= 4 is 17.2 Å². The SMILES string of the molecule is NC(=O)c1cccc(-c2nc(-c3cc(F)ccc3F)cs2)c1. The maximum absolute atomic E-state index is 13.8. The zero-order valence-electron chi connectivity index (χ0n) is 11.2. The molecule has 0 aliphatic rings. The van der Waals surface area contributed by atoms with E-state index in [1.165, 1.54) is 11.3 Å². The molecule has 0 aliphatic carbocycles. The standard InChI is InChI=1S/C16H10F2N2OS/c17-11-4-5-13(18)12(7-11)14-8-22-16(20-14)10-3-1-2-9(6-10)15(19)21/h1-8H,(H2,19,21). The zero-order chi connectivity index (χ0) is 15.7. The van der Waals surface area contributed by atoms with Crippen LogP contribution >= 0.6 is 11.3 Å². The molecule has 0 unspecified atom stereocenters. The molecule has 110 valence electrons. The lowest BCUT2D eigenvalue weighted by molar-refractivity contribution is 0.100. The number of hydrogen-bond donors (Lipinski definition) is 1. The minimum Gasteiger partial charge on any atom is -0.366 e. The van der Waals surface area contributed by atoms with Crippen molar-refractivity contribution in [1.82, 2.24) is 4.98 Å². The second-order valence-electron chi connectivity index (χ2n) is 4.61. The average Bonchev–Trinajstić information content (AvgIpc) is 2.99. The lowest BCUT2D eigenvalue weighted by Crippen LogP contribution is -2.10. The Kier molecular flexibility index (Phi) is 3.68. The van der Waals surface area contributed by atoms with Gasteiger partial charge in [-0.25, -0.2) is 13.8 Å². The highest BCUT2D eigenvalue weighted by Crippen LogP contribution is 2.30. The Bertz CT molecular complexity index is 861. The molecule has 2 aromatic carbocycles. The first-order valence-electron chi connectivity index (χ1n) is 6.36. The molecular formula is C16H10F2N2OS. The highest BCUT2D eigenvalue weighted by molar-refractivity contribution is 7.13. The fourth-order valence-electron chi connectivity index (χ4n) is 2.03. The maximum atomic E-state index is 13.8. The van der Waals surface area contributed by atoms with Crippen molar-refractivity contribution in [2.75, 3.05) is 0 Å². The van der Waals surface area contributed by atoms with Gasteiger partial charge in [-0.1, -0.05) is 12.1 Å². The van der Waals surface area contributed by atoms with E-state index in [1.807, 2.05) is 0 Å². The first-order valence-corrected chi connectivity index (χ1v) is 7.24. The summed E-state index contributed by atoms with van der Waals surface area (Å²) in [5.74, 6) is -1.60. The molecule has 3 nitrogen and oxygen atoms in total.